The molecule has 0 fully saturated rings. The first-order valence-electron chi connectivity index (χ1n) is 17.8. The molecule has 51 heavy (non-hydrogen) atoms. The molecule has 242 valence electrons. The van der Waals surface area contributed by atoms with Crippen molar-refractivity contribution in [2.75, 3.05) is 0 Å². The van der Waals surface area contributed by atoms with Gasteiger partial charge < -0.3 is 4.42 Å². The summed E-state index contributed by atoms with van der Waals surface area (Å²) in [6, 6.07) is 60.1. The summed E-state index contributed by atoms with van der Waals surface area (Å²) in [6.07, 6.45) is 0. The van der Waals surface area contributed by atoms with Crippen LogP contribution >= 0.6 is 0 Å². The van der Waals surface area contributed by atoms with Gasteiger partial charge in [-0.05, 0) is 107 Å². The van der Waals surface area contributed by atoms with Crippen molar-refractivity contribution in [1.82, 2.24) is 0 Å². The van der Waals surface area contributed by atoms with Gasteiger partial charge in [0.1, 0.15) is 11.2 Å². The summed E-state index contributed by atoms with van der Waals surface area (Å²) in [5.41, 5.74) is 12.9. The van der Waals surface area contributed by atoms with Gasteiger partial charge in [0.05, 0.1) is 0 Å². The maximum atomic E-state index is 6.42. The van der Waals surface area contributed by atoms with E-state index < -0.39 is 0 Å². The Morgan fingerprint density at radius 3 is 1.61 bits per heavy atom. The van der Waals surface area contributed by atoms with Crippen LogP contribution in [0.4, 0.5) is 0 Å². The average Bonchev–Trinajstić information content (AvgIpc) is 3.56. The van der Waals surface area contributed by atoms with Crippen LogP contribution in [0.25, 0.3) is 98.8 Å². The van der Waals surface area contributed by atoms with Crippen molar-refractivity contribution in [1.29, 1.82) is 0 Å². The topological polar surface area (TPSA) is 13.1 Å². The highest BCUT2D eigenvalue weighted by Crippen LogP contribution is 2.46. The van der Waals surface area contributed by atoms with Crippen LogP contribution in [0.5, 0.6) is 0 Å². The summed E-state index contributed by atoms with van der Waals surface area (Å²) >= 11 is 0. The van der Waals surface area contributed by atoms with Crippen molar-refractivity contribution >= 4 is 54.3 Å². The minimum Gasteiger partial charge on any atom is -0.455 e. The van der Waals surface area contributed by atoms with E-state index in [1.165, 1.54) is 71.3 Å². The number of para-hydroxylation sites is 2. The van der Waals surface area contributed by atoms with Gasteiger partial charge in [0.2, 0.25) is 0 Å². The van der Waals surface area contributed by atoms with Crippen molar-refractivity contribution in [3.05, 3.63) is 169 Å². The zero-order valence-corrected chi connectivity index (χ0v) is 29.0. The lowest BCUT2D eigenvalue weighted by molar-refractivity contribution is 0.591. The Morgan fingerprint density at radius 2 is 0.922 bits per heavy atom. The second kappa shape index (κ2) is 11.2. The summed E-state index contributed by atoms with van der Waals surface area (Å²) < 4.78 is 6.42. The van der Waals surface area contributed by atoms with Crippen molar-refractivity contribution in [2.24, 2.45) is 0 Å². The molecule has 0 N–H and O–H groups in total. The van der Waals surface area contributed by atoms with E-state index in [1.807, 2.05) is 12.1 Å². The maximum absolute atomic E-state index is 6.42. The first-order chi connectivity index (χ1) is 24.9. The second-order valence-electron chi connectivity index (χ2n) is 14.9. The van der Waals surface area contributed by atoms with Gasteiger partial charge in [0.15, 0.2) is 0 Å². The molecule has 0 saturated carbocycles. The molecule has 10 rings (SSSR count). The van der Waals surface area contributed by atoms with Gasteiger partial charge in [0, 0.05) is 16.3 Å². The zero-order valence-electron chi connectivity index (χ0n) is 29.0. The lowest BCUT2D eigenvalue weighted by Gasteiger charge is -2.23. The number of furan rings is 1. The Morgan fingerprint density at radius 1 is 0.373 bits per heavy atom. The molecule has 1 aromatic heterocycles. The Balaban J connectivity index is 1.16. The van der Waals surface area contributed by atoms with Crippen LogP contribution in [0.15, 0.2) is 168 Å². The smallest absolute Gasteiger partial charge is 0.143 e. The number of hydrogen-bond acceptors (Lipinski definition) is 1. The Bertz CT molecular complexity index is 2920. The monoisotopic (exact) mass is 652 g/mol. The third-order valence-corrected chi connectivity index (χ3v) is 10.8. The Hall–Kier alpha value is -6.18. The first-order valence-corrected chi connectivity index (χ1v) is 17.8. The highest BCUT2D eigenvalue weighted by Gasteiger charge is 2.20. The van der Waals surface area contributed by atoms with Crippen LogP contribution in [0.1, 0.15) is 26.3 Å². The van der Waals surface area contributed by atoms with Crippen molar-refractivity contribution < 1.29 is 4.42 Å². The fourth-order valence-electron chi connectivity index (χ4n) is 8.15. The molecule has 0 bridgehead atoms. The van der Waals surface area contributed by atoms with Gasteiger partial charge in [0.25, 0.3) is 0 Å². The first kappa shape index (κ1) is 29.7. The van der Waals surface area contributed by atoms with Crippen LogP contribution in [-0.4, -0.2) is 0 Å². The molecule has 0 saturated heterocycles. The van der Waals surface area contributed by atoms with Gasteiger partial charge in [-0.3, -0.25) is 0 Å². The molecule has 0 aliphatic carbocycles. The number of hydrogen-bond donors (Lipinski definition) is 0. The molecule has 0 aliphatic heterocycles. The predicted octanol–water partition coefficient (Wildman–Crippen LogP) is 14.4. The predicted molar refractivity (Wildman–Crippen MR) is 218 cm³/mol. The van der Waals surface area contributed by atoms with Gasteiger partial charge in [-0.2, -0.15) is 0 Å². The molecule has 1 heterocycles. The average molecular weight is 653 g/mol. The SMILES string of the molecule is CC(C)(C)c1cc2ccc3c(-c4ccccc4)cc(-c4cccc(-c5cccc(-c6cccc7c6oc6ccccc67)c5)c4)c4ccc(c1)c2c34. The van der Waals surface area contributed by atoms with Crippen LogP contribution in [-0.2, 0) is 5.41 Å². The van der Waals surface area contributed by atoms with Crippen LogP contribution in [0.2, 0.25) is 0 Å². The molecule has 10 aromatic rings. The molecule has 0 aliphatic rings. The molecular formula is C50H36O. The zero-order chi connectivity index (χ0) is 34.3. The minimum atomic E-state index is 0.0706. The highest BCUT2D eigenvalue weighted by atomic mass is 16.3. The van der Waals surface area contributed by atoms with Crippen LogP contribution in [0.3, 0.4) is 0 Å². The van der Waals surface area contributed by atoms with Crippen LogP contribution < -0.4 is 0 Å². The Labute approximate surface area is 297 Å². The standard InChI is InChI=1S/C50H36O/c1-50(2,3)38-28-36-22-24-41-44(31-12-5-4-6-13-31)30-45(42-25-23-37(29-38)47(36)48(41)42)35-17-10-15-33(27-35)32-14-9-16-34(26-32)39-19-11-20-43-40-18-7-8-21-46(40)51-49(39)43/h4-30H,1-3H3. The molecule has 9 aromatic carbocycles. The molecular weight excluding hydrogens is 617 g/mol. The fraction of sp³-hybridized carbons (Fsp3) is 0.0800. The van der Waals surface area contributed by atoms with Crippen molar-refractivity contribution in [3.63, 3.8) is 0 Å². The molecule has 0 amide bonds. The van der Waals surface area contributed by atoms with Gasteiger partial charge in [-0.1, -0.05) is 160 Å². The number of benzene rings is 9. The quantitative estimate of drug-likeness (QED) is 0.172. The van der Waals surface area contributed by atoms with E-state index in [4.69, 9.17) is 4.42 Å². The van der Waals surface area contributed by atoms with Gasteiger partial charge >= 0.3 is 0 Å². The summed E-state index contributed by atoms with van der Waals surface area (Å²) in [6.45, 7) is 6.90. The second-order valence-corrected chi connectivity index (χ2v) is 14.9. The third kappa shape index (κ3) is 4.77. The van der Waals surface area contributed by atoms with E-state index in [2.05, 4.69) is 172 Å². The summed E-state index contributed by atoms with van der Waals surface area (Å²) in [7, 11) is 0. The minimum absolute atomic E-state index is 0.0706. The van der Waals surface area contributed by atoms with E-state index in [0.29, 0.717) is 0 Å². The lowest BCUT2D eigenvalue weighted by atomic mass is 9.81. The van der Waals surface area contributed by atoms with Crippen molar-refractivity contribution in [3.8, 4) is 44.5 Å². The fourth-order valence-corrected chi connectivity index (χ4v) is 8.15. The lowest BCUT2D eigenvalue weighted by Crippen LogP contribution is -2.10. The van der Waals surface area contributed by atoms with Gasteiger partial charge in [-0.25, -0.2) is 0 Å². The Kier molecular flexibility index (Phi) is 6.51. The summed E-state index contributed by atoms with van der Waals surface area (Å²) in [5.74, 6) is 0. The van der Waals surface area contributed by atoms with E-state index in [9.17, 15) is 0 Å². The number of rotatable bonds is 4. The normalized spacial score (nSPS) is 12.2. The molecule has 1 nitrogen and oxygen atoms in total. The summed E-state index contributed by atoms with van der Waals surface area (Å²) in [4.78, 5) is 0. The summed E-state index contributed by atoms with van der Waals surface area (Å²) in [5, 5.41) is 10.2. The van der Waals surface area contributed by atoms with E-state index >= 15 is 0 Å². The number of fused-ring (bicyclic) bond motifs is 3. The van der Waals surface area contributed by atoms with Crippen molar-refractivity contribution in [2.45, 2.75) is 26.2 Å². The molecule has 1 heteroatoms. The molecule has 0 unspecified atom stereocenters. The molecule has 0 radical (unpaired) electrons. The van der Waals surface area contributed by atoms with E-state index in [1.54, 1.807) is 0 Å². The van der Waals surface area contributed by atoms with Crippen LogP contribution in [0, 0.1) is 0 Å². The van der Waals surface area contributed by atoms with Gasteiger partial charge in [-0.15, -0.1) is 0 Å². The molecule has 0 spiro atoms. The largest absolute Gasteiger partial charge is 0.455 e. The third-order valence-electron chi connectivity index (χ3n) is 10.8. The maximum Gasteiger partial charge on any atom is 0.143 e. The molecule has 0 atom stereocenters. The van der Waals surface area contributed by atoms with E-state index in [0.717, 1.165) is 33.1 Å². The highest BCUT2D eigenvalue weighted by molar-refractivity contribution is 6.28. The van der Waals surface area contributed by atoms with E-state index in [-0.39, 0.29) is 5.41 Å².